The Bertz CT molecular complexity index is 309. The van der Waals surface area contributed by atoms with Crippen molar-refractivity contribution >= 4 is 11.5 Å². The van der Waals surface area contributed by atoms with Gasteiger partial charge in [-0.1, -0.05) is 6.92 Å². The number of rotatable bonds is 2. The molecule has 2 heterocycles. The van der Waals surface area contributed by atoms with Crippen molar-refractivity contribution in [3.8, 4) is 0 Å². The van der Waals surface area contributed by atoms with Gasteiger partial charge in [0.25, 0.3) is 0 Å². The van der Waals surface area contributed by atoms with Gasteiger partial charge in [0.05, 0.1) is 11.9 Å². The number of nitrogens with one attached hydrogen (secondary N) is 2. The first kappa shape index (κ1) is 10.2. The van der Waals surface area contributed by atoms with E-state index < -0.39 is 0 Å². The first-order valence-electron chi connectivity index (χ1n) is 5.44. The van der Waals surface area contributed by atoms with E-state index in [1.165, 1.54) is 0 Å². The third kappa shape index (κ3) is 2.59. The Morgan fingerprint density at radius 3 is 3.07 bits per heavy atom. The number of anilines is 2. The summed E-state index contributed by atoms with van der Waals surface area (Å²) >= 11 is 0. The van der Waals surface area contributed by atoms with Gasteiger partial charge in [-0.25, -0.2) is 4.98 Å². The van der Waals surface area contributed by atoms with Crippen LogP contribution in [0.25, 0.3) is 0 Å². The minimum Gasteiger partial charge on any atom is -0.384 e. The number of hydrogen-bond donors (Lipinski definition) is 3. The molecule has 0 bridgehead atoms. The zero-order valence-electron chi connectivity index (χ0n) is 9.03. The fourth-order valence-electron chi connectivity index (χ4n) is 1.93. The zero-order valence-corrected chi connectivity index (χ0v) is 9.03. The lowest BCUT2D eigenvalue weighted by atomic mass is 9.95. The molecule has 1 aromatic rings. The molecule has 0 aromatic carbocycles. The summed E-state index contributed by atoms with van der Waals surface area (Å²) in [6, 6.07) is 4.35. The molecule has 2 unspecified atom stereocenters. The molecule has 0 spiro atoms. The molecule has 4 nitrogen and oxygen atoms in total. The Kier molecular flexibility index (Phi) is 3.06. The highest BCUT2D eigenvalue weighted by atomic mass is 15.0. The Morgan fingerprint density at radius 1 is 1.53 bits per heavy atom. The van der Waals surface area contributed by atoms with Crippen LogP contribution in [0, 0.1) is 5.92 Å². The first-order chi connectivity index (χ1) is 7.25. The highest BCUT2D eigenvalue weighted by Crippen LogP contribution is 2.17. The molecule has 82 valence electrons. The molecule has 0 aliphatic carbocycles. The van der Waals surface area contributed by atoms with Gasteiger partial charge in [0.2, 0.25) is 0 Å². The van der Waals surface area contributed by atoms with Crippen LogP contribution >= 0.6 is 0 Å². The van der Waals surface area contributed by atoms with Gasteiger partial charge >= 0.3 is 0 Å². The summed E-state index contributed by atoms with van der Waals surface area (Å²) < 4.78 is 0. The van der Waals surface area contributed by atoms with Crippen LogP contribution in [0.15, 0.2) is 18.3 Å². The van der Waals surface area contributed by atoms with Gasteiger partial charge in [-0.15, -0.1) is 0 Å². The second kappa shape index (κ2) is 4.49. The lowest BCUT2D eigenvalue weighted by Crippen LogP contribution is -2.42. The third-order valence-electron chi connectivity index (χ3n) is 2.92. The van der Waals surface area contributed by atoms with Gasteiger partial charge in [-0.05, 0) is 37.6 Å². The summed E-state index contributed by atoms with van der Waals surface area (Å²) in [5.74, 6) is 1.22. The molecule has 1 aromatic heterocycles. The average molecular weight is 206 g/mol. The number of aromatic nitrogens is 1. The zero-order chi connectivity index (χ0) is 10.7. The van der Waals surface area contributed by atoms with E-state index in [1.54, 1.807) is 6.20 Å². The maximum absolute atomic E-state index is 5.54. The molecule has 2 atom stereocenters. The Hall–Kier alpha value is -1.29. The number of nitrogens with two attached hydrogens (primary N) is 1. The van der Waals surface area contributed by atoms with Crippen molar-refractivity contribution in [2.45, 2.75) is 19.4 Å². The van der Waals surface area contributed by atoms with Crippen molar-refractivity contribution in [1.29, 1.82) is 0 Å². The summed E-state index contributed by atoms with van der Waals surface area (Å²) in [4.78, 5) is 4.07. The molecule has 4 N–H and O–H groups in total. The predicted octanol–water partition coefficient (Wildman–Crippen LogP) is 1.07. The molecule has 0 amide bonds. The van der Waals surface area contributed by atoms with Gasteiger partial charge in [0, 0.05) is 6.04 Å². The smallest absolute Gasteiger partial charge is 0.123 e. The van der Waals surface area contributed by atoms with E-state index in [2.05, 4.69) is 22.5 Å². The third-order valence-corrected chi connectivity index (χ3v) is 2.92. The van der Waals surface area contributed by atoms with E-state index in [-0.39, 0.29) is 0 Å². The van der Waals surface area contributed by atoms with Crippen LogP contribution in [0.3, 0.4) is 0 Å². The number of piperidine rings is 1. The Balaban J connectivity index is 1.98. The summed E-state index contributed by atoms with van der Waals surface area (Å²) in [5, 5.41) is 6.88. The normalized spacial score (nSPS) is 26.2. The molecule has 1 aliphatic rings. The van der Waals surface area contributed by atoms with E-state index in [4.69, 9.17) is 5.73 Å². The molecule has 1 saturated heterocycles. The topological polar surface area (TPSA) is 63.0 Å². The maximum Gasteiger partial charge on any atom is 0.123 e. The van der Waals surface area contributed by atoms with E-state index in [0.717, 1.165) is 25.2 Å². The SMILES string of the molecule is CC1CNCCC1Nc1ccc(N)nc1. The molecule has 2 rings (SSSR count). The lowest BCUT2D eigenvalue weighted by molar-refractivity contribution is 0.368. The molecule has 1 aliphatic heterocycles. The summed E-state index contributed by atoms with van der Waals surface area (Å²) in [5.41, 5.74) is 6.60. The largest absolute Gasteiger partial charge is 0.384 e. The summed E-state index contributed by atoms with van der Waals surface area (Å²) in [6.07, 6.45) is 2.95. The van der Waals surface area contributed by atoms with Crippen LogP contribution < -0.4 is 16.4 Å². The van der Waals surface area contributed by atoms with Gasteiger partial charge in [0.15, 0.2) is 0 Å². The van der Waals surface area contributed by atoms with Gasteiger partial charge < -0.3 is 16.4 Å². The van der Waals surface area contributed by atoms with Crippen molar-refractivity contribution in [3.05, 3.63) is 18.3 Å². The minimum absolute atomic E-state index is 0.539. The predicted molar refractivity (Wildman–Crippen MR) is 62.7 cm³/mol. The fourth-order valence-corrected chi connectivity index (χ4v) is 1.93. The molecule has 0 radical (unpaired) electrons. The van der Waals surface area contributed by atoms with Crippen molar-refractivity contribution in [2.24, 2.45) is 5.92 Å². The number of pyridine rings is 1. The lowest BCUT2D eigenvalue weighted by Gasteiger charge is -2.30. The average Bonchev–Trinajstić information content (AvgIpc) is 2.25. The first-order valence-corrected chi connectivity index (χ1v) is 5.44. The van der Waals surface area contributed by atoms with Crippen LogP contribution in [0.1, 0.15) is 13.3 Å². The van der Waals surface area contributed by atoms with Crippen molar-refractivity contribution in [1.82, 2.24) is 10.3 Å². The van der Waals surface area contributed by atoms with Crippen LogP contribution in [0.5, 0.6) is 0 Å². The Labute approximate surface area is 90.3 Å². The summed E-state index contributed by atoms with van der Waals surface area (Å²) in [6.45, 7) is 4.43. The molecule has 15 heavy (non-hydrogen) atoms. The van der Waals surface area contributed by atoms with Crippen molar-refractivity contribution < 1.29 is 0 Å². The minimum atomic E-state index is 0.539. The van der Waals surface area contributed by atoms with E-state index in [1.807, 2.05) is 12.1 Å². The number of nitrogens with zero attached hydrogens (tertiary/aromatic N) is 1. The van der Waals surface area contributed by atoms with Crippen molar-refractivity contribution in [3.63, 3.8) is 0 Å². The molecule has 4 heteroatoms. The van der Waals surface area contributed by atoms with Crippen molar-refractivity contribution in [2.75, 3.05) is 24.1 Å². The number of nitrogen functional groups attached to an aromatic ring is 1. The van der Waals surface area contributed by atoms with Crippen LogP contribution in [-0.2, 0) is 0 Å². The van der Waals surface area contributed by atoms with Gasteiger partial charge in [-0.3, -0.25) is 0 Å². The quantitative estimate of drug-likeness (QED) is 0.677. The molecule has 1 fully saturated rings. The van der Waals surface area contributed by atoms with Crippen LogP contribution in [-0.4, -0.2) is 24.1 Å². The van der Waals surface area contributed by atoms with E-state index in [9.17, 15) is 0 Å². The fraction of sp³-hybridized carbons (Fsp3) is 0.545. The molecular weight excluding hydrogens is 188 g/mol. The highest BCUT2D eigenvalue weighted by Gasteiger charge is 2.20. The Morgan fingerprint density at radius 2 is 2.40 bits per heavy atom. The van der Waals surface area contributed by atoms with E-state index in [0.29, 0.717) is 17.8 Å². The molecular formula is C11H18N4. The van der Waals surface area contributed by atoms with E-state index >= 15 is 0 Å². The van der Waals surface area contributed by atoms with Gasteiger partial charge in [-0.2, -0.15) is 0 Å². The second-order valence-corrected chi connectivity index (χ2v) is 4.19. The number of hydrogen-bond acceptors (Lipinski definition) is 4. The highest BCUT2D eigenvalue weighted by molar-refractivity contribution is 5.46. The molecule has 0 saturated carbocycles. The monoisotopic (exact) mass is 206 g/mol. The van der Waals surface area contributed by atoms with Crippen LogP contribution in [0.4, 0.5) is 11.5 Å². The standard InChI is InChI=1S/C11H18N4/c1-8-6-13-5-4-10(8)15-9-2-3-11(12)14-7-9/h2-3,7-8,10,13,15H,4-6H2,1H3,(H2,12,14). The van der Waals surface area contributed by atoms with Gasteiger partial charge in [0.1, 0.15) is 5.82 Å². The van der Waals surface area contributed by atoms with Crippen LogP contribution in [0.2, 0.25) is 0 Å². The summed E-state index contributed by atoms with van der Waals surface area (Å²) in [7, 11) is 0. The maximum atomic E-state index is 5.54. The second-order valence-electron chi connectivity index (χ2n) is 4.19.